The normalized spacial score (nSPS) is 14.1. The zero-order chi connectivity index (χ0) is 23.0. The summed E-state index contributed by atoms with van der Waals surface area (Å²) in [5, 5.41) is 2.78. The number of rotatable bonds is 8. The molecule has 0 unspecified atom stereocenters. The van der Waals surface area contributed by atoms with Crippen LogP contribution in [0.25, 0.3) is 16.9 Å². The number of fused-ring (bicyclic) bond motifs is 1. The van der Waals surface area contributed by atoms with Crippen molar-refractivity contribution in [1.82, 2.24) is 19.7 Å². The van der Waals surface area contributed by atoms with E-state index in [1.54, 1.807) is 36.2 Å². The molecule has 0 aliphatic heterocycles. The van der Waals surface area contributed by atoms with E-state index < -0.39 is 18.1 Å². The van der Waals surface area contributed by atoms with Gasteiger partial charge in [0.15, 0.2) is 0 Å². The van der Waals surface area contributed by atoms with Crippen molar-refractivity contribution in [2.75, 3.05) is 14.2 Å². The lowest BCUT2D eigenvalue weighted by atomic mass is 10.0. The average molecular weight is 446 g/mol. The minimum atomic E-state index is -3.11. The van der Waals surface area contributed by atoms with Crippen LogP contribution < -0.4 is 14.8 Å². The molecule has 2 aromatic heterocycles. The Hall–Kier alpha value is -3.27. The van der Waals surface area contributed by atoms with Crippen LogP contribution >= 0.6 is 0 Å². The third-order valence-corrected chi connectivity index (χ3v) is 5.47. The van der Waals surface area contributed by atoms with E-state index in [1.807, 2.05) is 13.8 Å². The molecule has 10 heteroatoms. The SMILES string of the molecule is COc1cc(-c2cnc3cc(C(C)(C)OC)ncn23)cc(OC(F)F)c1C(=O)NC1CC1. The Morgan fingerprint density at radius 2 is 1.91 bits per heavy atom. The van der Waals surface area contributed by atoms with Crippen LogP contribution in [0.3, 0.4) is 0 Å². The number of amides is 1. The second-order valence-electron chi connectivity index (χ2n) is 8.04. The topological polar surface area (TPSA) is 87.0 Å². The number of hydrogen-bond donors (Lipinski definition) is 1. The lowest BCUT2D eigenvalue weighted by Crippen LogP contribution is -2.26. The number of halogens is 2. The summed E-state index contributed by atoms with van der Waals surface area (Å²) in [6.45, 7) is 0.671. The van der Waals surface area contributed by atoms with Crippen LogP contribution in [-0.4, -0.2) is 47.1 Å². The molecule has 0 bridgehead atoms. The fourth-order valence-corrected chi connectivity index (χ4v) is 3.33. The summed E-state index contributed by atoms with van der Waals surface area (Å²) in [6.07, 6.45) is 4.88. The first-order chi connectivity index (χ1) is 15.2. The number of benzene rings is 1. The Morgan fingerprint density at radius 1 is 1.19 bits per heavy atom. The number of alkyl halides is 2. The van der Waals surface area contributed by atoms with E-state index in [2.05, 4.69) is 15.3 Å². The first kappa shape index (κ1) is 21.9. The van der Waals surface area contributed by atoms with Gasteiger partial charge in [-0.1, -0.05) is 0 Å². The number of carbonyl (C=O) groups excluding carboxylic acids is 1. The smallest absolute Gasteiger partial charge is 0.387 e. The lowest BCUT2D eigenvalue weighted by molar-refractivity contribution is -0.0502. The van der Waals surface area contributed by atoms with Crippen LogP contribution in [0, 0.1) is 0 Å². The summed E-state index contributed by atoms with van der Waals surface area (Å²) in [6, 6.07) is 4.81. The number of aromatic nitrogens is 3. The maximum absolute atomic E-state index is 13.2. The highest BCUT2D eigenvalue weighted by Crippen LogP contribution is 2.37. The zero-order valence-electron chi connectivity index (χ0n) is 18.2. The van der Waals surface area contributed by atoms with Crippen LogP contribution in [0.1, 0.15) is 42.7 Å². The van der Waals surface area contributed by atoms with Gasteiger partial charge >= 0.3 is 6.61 Å². The van der Waals surface area contributed by atoms with Gasteiger partial charge in [-0.15, -0.1) is 0 Å². The molecule has 0 radical (unpaired) electrons. The van der Waals surface area contributed by atoms with Gasteiger partial charge in [-0.25, -0.2) is 9.97 Å². The number of nitrogens with one attached hydrogen (secondary N) is 1. The standard InChI is InChI=1S/C22H24F2N4O4/c1-22(2,31-4)17-9-18-25-10-14(28(18)11-26-17)12-7-15(30-3)19(16(8-12)32-21(23)24)20(29)27-13-5-6-13/h7-11,13,21H,5-6H2,1-4H3,(H,27,29). The van der Waals surface area contributed by atoms with Crippen molar-refractivity contribution in [3.8, 4) is 22.8 Å². The molecule has 2 heterocycles. The molecule has 0 saturated heterocycles. The van der Waals surface area contributed by atoms with Crippen molar-refractivity contribution in [1.29, 1.82) is 0 Å². The highest BCUT2D eigenvalue weighted by Gasteiger charge is 2.29. The molecule has 3 aromatic rings. The largest absolute Gasteiger partial charge is 0.496 e. The molecule has 1 aromatic carbocycles. The molecule has 1 aliphatic rings. The molecule has 1 fully saturated rings. The number of carbonyl (C=O) groups is 1. The Balaban J connectivity index is 1.81. The Bertz CT molecular complexity index is 1160. The van der Waals surface area contributed by atoms with Crippen molar-refractivity contribution < 1.29 is 27.8 Å². The van der Waals surface area contributed by atoms with Gasteiger partial charge in [-0.2, -0.15) is 8.78 Å². The van der Waals surface area contributed by atoms with Crippen LogP contribution in [0.2, 0.25) is 0 Å². The summed E-state index contributed by atoms with van der Waals surface area (Å²) in [4.78, 5) is 21.6. The minimum Gasteiger partial charge on any atom is -0.496 e. The van der Waals surface area contributed by atoms with Gasteiger partial charge in [-0.05, 0) is 38.8 Å². The molecule has 0 atom stereocenters. The third-order valence-electron chi connectivity index (χ3n) is 5.47. The molecule has 1 aliphatic carbocycles. The second-order valence-corrected chi connectivity index (χ2v) is 8.04. The molecule has 1 saturated carbocycles. The fourth-order valence-electron chi connectivity index (χ4n) is 3.33. The van der Waals surface area contributed by atoms with E-state index >= 15 is 0 Å². The van der Waals surface area contributed by atoms with Gasteiger partial charge in [0.1, 0.15) is 34.6 Å². The van der Waals surface area contributed by atoms with Gasteiger partial charge in [0.25, 0.3) is 5.91 Å². The summed E-state index contributed by atoms with van der Waals surface area (Å²) in [5.41, 5.74) is 1.66. The molecular formula is C22H24F2N4O4. The molecular weight excluding hydrogens is 422 g/mol. The summed E-state index contributed by atoms with van der Waals surface area (Å²) >= 11 is 0. The van der Waals surface area contributed by atoms with E-state index in [9.17, 15) is 13.6 Å². The summed E-state index contributed by atoms with van der Waals surface area (Å²) in [7, 11) is 2.97. The van der Waals surface area contributed by atoms with Gasteiger partial charge < -0.3 is 19.5 Å². The van der Waals surface area contributed by atoms with E-state index in [4.69, 9.17) is 14.2 Å². The first-order valence-corrected chi connectivity index (χ1v) is 10.1. The lowest BCUT2D eigenvalue weighted by Gasteiger charge is -2.22. The quantitative estimate of drug-likeness (QED) is 0.567. The summed E-state index contributed by atoms with van der Waals surface area (Å²) < 4.78 is 43.6. The molecule has 8 nitrogen and oxygen atoms in total. The Morgan fingerprint density at radius 3 is 2.53 bits per heavy atom. The van der Waals surface area contributed by atoms with Crippen LogP contribution in [0.15, 0.2) is 30.7 Å². The number of ether oxygens (including phenoxy) is 3. The number of imidazole rings is 1. The number of methoxy groups -OCH3 is 2. The predicted molar refractivity (Wildman–Crippen MR) is 112 cm³/mol. The van der Waals surface area contributed by atoms with Crippen LogP contribution in [0.4, 0.5) is 8.78 Å². The third kappa shape index (κ3) is 4.22. The molecule has 32 heavy (non-hydrogen) atoms. The molecule has 170 valence electrons. The van der Waals surface area contributed by atoms with Crippen molar-refractivity contribution in [3.63, 3.8) is 0 Å². The summed E-state index contributed by atoms with van der Waals surface area (Å²) in [5.74, 6) is -0.665. The highest BCUT2D eigenvalue weighted by molar-refractivity contribution is 6.01. The number of hydrogen-bond acceptors (Lipinski definition) is 6. The van der Waals surface area contributed by atoms with Crippen molar-refractivity contribution in [3.05, 3.63) is 42.0 Å². The first-order valence-electron chi connectivity index (χ1n) is 10.1. The second kappa shape index (κ2) is 8.34. The maximum Gasteiger partial charge on any atom is 0.387 e. The number of nitrogens with zero attached hydrogens (tertiary/aromatic N) is 3. The molecule has 1 N–H and O–H groups in total. The van der Waals surface area contributed by atoms with Gasteiger partial charge in [0, 0.05) is 24.8 Å². The van der Waals surface area contributed by atoms with Gasteiger partial charge in [0.05, 0.1) is 24.7 Å². The van der Waals surface area contributed by atoms with Gasteiger partial charge in [0.2, 0.25) is 0 Å². The average Bonchev–Trinajstić information content (AvgIpc) is 3.47. The predicted octanol–water partition coefficient (Wildman–Crippen LogP) is 3.78. The van der Waals surface area contributed by atoms with E-state index in [-0.39, 0.29) is 23.1 Å². The van der Waals surface area contributed by atoms with E-state index in [1.165, 1.54) is 13.2 Å². The van der Waals surface area contributed by atoms with Crippen molar-refractivity contribution >= 4 is 11.6 Å². The van der Waals surface area contributed by atoms with Crippen LogP contribution in [0.5, 0.6) is 11.5 Å². The van der Waals surface area contributed by atoms with E-state index in [0.717, 1.165) is 12.8 Å². The Kier molecular flexibility index (Phi) is 5.72. The van der Waals surface area contributed by atoms with Crippen molar-refractivity contribution in [2.45, 2.75) is 44.9 Å². The maximum atomic E-state index is 13.2. The molecule has 1 amide bonds. The highest BCUT2D eigenvalue weighted by atomic mass is 19.3. The zero-order valence-corrected chi connectivity index (χ0v) is 18.2. The Labute approximate surface area is 183 Å². The monoisotopic (exact) mass is 446 g/mol. The molecule has 0 spiro atoms. The molecule has 4 rings (SSSR count). The fraction of sp³-hybridized carbons (Fsp3) is 0.409. The van der Waals surface area contributed by atoms with Crippen molar-refractivity contribution in [2.24, 2.45) is 0 Å². The van der Waals surface area contributed by atoms with Gasteiger partial charge in [-0.3, -0.25) is 9.20 Å². The van der Waals surface area contributed by atoms with E-state index in [0.29, 0.717) is 22.6 Å². The minimum absolute atomic E-state index is 0.0432. The van der Waals surface area contributed by atoms with Crippen LogP contribution in [-0.2, 0) is 10.3 Å².